The van der Waals surface area contributed by atoms with Gasteiger partial charge in [-0.3, -0.25) is 0 Å². The average Bonchev–Trinajstić information content (AvgIpc) is 3.52. The quantitative estimate of drug-likeness (QED) is 0.459. The maximum atomic E-state index is 13.9. The highest BCUT2D eigenvalue weighted by Gasteiger charge is 2.27. The van der Waals surface area contributed by atoms with Gasteiger partial charge in [0, 0.05) is 20.1 Å². The van der Waals surface area contributed by atoms with Gasteiger partial charge in [0.15, 0.2) is 0 Å². The molecule has 2 aliphatic rings. The summed E-state index contributed by atoms with van der Waals surface area (Å²) < 4.78 is 40.8. The zero-order chi connectivity index (χ0) is 24.9. The molecule has 8 nitrogen and oxygen atoms in total. The molecule has 2 saturated carbocycles. The van der Waals surface area contributed by atoms with Crippen LogP contribution in [0.4, 0.5) is 13.6 Å². The lowest BCUT2D eigenvalue weighted by Crippen LogP contribution is -2.35. The van der Waals surface area contributed by atoms with Crippen molar-refractivity contribution in [3.8, 4) is 17.1 Å². The number of allylic oxidation sites excluding steroid dienone is 1. The lowest BCUT2D eigenvalue weighted by Gasteiger charge is -2.28. The zero-order valence-electron chi connectivity index (χ0n) is 20.3. The molecule has 0 bridgehead atoms. The number of carbonyl (C=O) groups is 1. The van der Waals surface area contributed by atoms with Crippen LogP contribution < -0.4 is 4.74 Å². The van der Waals surface area contributed by atoms with E-state index >= 15 is 0 Å². The molecular formula is C25H33F2N5O3. The first-order chi connectivity index (χ1) is 16.9. The fourth-order valence-corrected chi connectivity index (χ4v) is 4.94. The molecule has 1 amide bonds. The molecule has 0 radical (unpaired) electrons. The van der Waals surface area contributed by atoms with Crippen LogP contribution in [0.2, 0.25) is 0 Å². The summed E-state index contributed by atoms with van der Waals surface area (Å²) in [5.74, 6) is 0.405. The molecule has 35 heavy (non-hydrogen) atoms. The Morgan fingerprint density at radius 3 is 2.74 bits per heavy atom. The number of pyridine rings is 1. The van der Waals surface area contributed by atoms with Crippen molar-refractivity contribution in [1.82, 2.24) is 24.9 Å². The maximum absolute atomic E-state index is 13.9. The van der Waals surface area contributed by atoms with Crippen LogP contribution in [-0.2, 0) is 18.4 Å². The zero-order valence-corrected chi connectivity index (χ0v) is 20.3. The summed E-state index contributed by atoms with van der Waals surface area (Å²) >= 11 is 0. The largest absolute Gasteiger partial charge is 0.488 e. The third-order valence-corrected chi connectivity index (χ3v) is 7.06. The standard InChI is InChI=1S/C25H33F2N5O3/c1-4-16-8-7-11-18(14-16)35-21-13-12-19(28-23(21)24(26)27)22-20(32(3)30-29-22)15-34-25(33)31(2)17-9-5-6-10-17/h4,12-13,16-18,24H,1,5-11,14-15H2,2-3H3/t16-,18-/m0/s1. The van der Waals surface area contributed by atoms with E-state index in [1.54, 1.807) is 25.1 Å². The van der Waals surface area contributed by atoms with E-state index in [4.69, 9.17) is 9.47 Å². The Morgan fingerprint density at radius 2 is 2.03 bits per heavy atom. The fourth-order valence-electron chi connectivity index (χ4n) is 4.94. The molecule has 2 aromatic heterocycles. The van der Waals surface area contributed by atoms with Gasteiger partial charge in [0.1, 0.15) is 29.4 Å². The van der Waals surface area contributed by atoms with E-state index in [0.29, 0.717) is 17.3 Å². The summed E-state index contributed by atoms with van der Waals surface area (Å²) in [6.07, 6.45) is 6.21. The van der Waals surface area contributed by atoms with Gasteiger partial charge in [-0.2, -0.15) is 0 Å². The molecule has 0 aromatic carbocycles. The molecule has 0 aliphatic heterocycles. The highest BCUT2D eigenvalue weighted by atomic mass is 19.3. The second-order valence-corrected chi connectivity index (χ2v) is 9.39. The summed E-state index contributed by atoms with van der Waals surface area (Å²) in [6.45, 7) is 3.75. The van der Waals surface area contributed by atoms with E-state index in [2.05, 4.69) is 21.9 Å². The first-order valence-electron chi connectivity index (χ1n) is 12.2. The van der Waals surface area contributed by atoms with E-state index in [0.717, 1.165) is 51.4 Å². The molecule has 10 heteroatoms. The Kier molecular flexibility index (Phi) is 7.97. The molecule has 0 N–H and O–H groups in total. The lowest BCUT2D eigenvalue weighted by molar-refractivity contribution is 0.0899. The van der Waals surface area contributed by atoms with Crippen LogP contribution in [0.15, 0.2) is 24.8 Å². The topological polar surface area (TPSA) is 82.4 Å². The second-order valence-electron chi connectivity index (χ2n) is 9.39. The number of alkyl halides is 2. The smallest absolute Gasteiger partial charge is 0.410 e. The Morgan fingerprint density at radius 1 is 1.26 bits per heavy atom. The summed E-state index contributed by atoms with van der Waals surface area (Å²) in [5.41, 5.74) is 0.559. The highest BCUT2D eigenvalue weighted by molar-refractivity contribution is 5.68. The first kappa shape index (κ1) is 25.1. The summed E-state index contributed by atoms with van der Waals surface area (Å²) in [5, 5.41) is 8.10. The molecule has 2 atom stereocenters. The number of ether oxygens (including phenoxy) is 2. The van der Waals surface area contributed by atoms with Crippen molar-refractivity contribution in [2.75, 3.05) is 7.05 Å². The number of hydrogen-bond acceptors (Lipinski definition) is 6. The monoisotopic (exact) mass is 489 g/mol. The molecule has 0 unspecified atom stereocenters. The van der Waals surface area contributed by atoms with Crippen molar-refractivity contribution in [1.29, 1.82) is 0 Å². The number of aromatic nitrogens is 4. The van der Waals surface area contributed by atoms with E-state index in [-0.39, 0.29) is 30.2 Å². The van der Waals surface area contributed by atoms with E-state index in [1.165, 1.54) is 10.7 Å². The maximum Gasteiger partial charge on any atom is 0.410 e. The van der Waals surface area contributed by atoms with Gasteiger partial charge in [-0.15, -0.1) is 11.7 Å². The molecule has 2 heterocycles. The van der Waals surface area contributed by atoms with Crippen LogP contribution in [0, 0.1) is 5.92 Å². The number of nitrogens with zero attached hydrogens (tertiary/aromatic N) is 5. The molecule has 2 aromatic rings. The van der Waals surface area contributed by atoms with Gasteiger partial charge >= 0.3 is 6.09 Å². The Bertz CT molecular complexity index is 1040. The highest BCUT2D eigenvalue weighted by Crippen LogP contribution is 2.34. The summed E-state index contributed by atoms with van der Waals surface area (Å²) in [6, 6.07) is 3.29. The van der Waals surface area contributed by atoms with Gasteiger partial charge in [-0.25, -0.2) is 23.2 Å². The van der Waals surface area contributed by atoms with Gasteiger partial charge in [0.05, 0.1) is 11.8 Å². The van der Waals surface area contributed by atoms with Crippen LogP contribution >= 0.6 is 0 Å². The van der Waals surface area contributed by atoms with Gasteiger partial charge in [-0.05, 0) is 56.6 Å². The van der Waals surface area contributed by atoms with Gasteiger partial charge in [0.25, 0.3) is 6.43 Å². The minimum atomic E-state index is -2.82. The predicted octanol–water partition coefficient (Wildman–Crippen LogP) is 5.45. The lowest BCUT2D eigenvalue weighted by atomic mass is 9.87. The SMILES string of the molecule is C=C[C@H]1CCC[C@H](Oc2ccc(-c3nnn(C)c3COC(=O)N(C)C3CCCC3)nc2C(F)F)C1. The number of hydrogen-bond donors (Lipinski definition) is 0. The molecular weight excluding hydrogens is 456 g/mol. The number of halogens is 2. The molecule has 2 fully saturated rings. The molecule has 0 saturated heterocycles. The minimum Gasteiger partial charge on any atom is -0.488 e. The second kappa shape index (κ2) is 11.1. The molecule has 4 rings (SSSR count). The predicted molar refractivity (Wildman–Crippen MR) is 126 cm³/mol. The third-order valence-electron chi connectivity index (χ3n) is 7.06. The summed E-state index contributed by atoms with van der Waals surface area (Å²) in [4.78, 5) is 18.3. The number of amides is 1. The van der Waals surface area contributed by atoms with Crippen molar-refractivity contribution in [2.45, 2.75) is 76.5 Å². The van der Waals surface area contributed by atoms with Crippen LogP contribution in [0.5, 0.6) is 5.75 Å². The third kappa shape index (κ3) is 5.79. The Balaban J connectivity index is 1.50. The van der Waals surface area contributed by atoms with Crippen molar-refractivity contribution in [3.05, 3.63) is 36.2 Å². The van der Waals surface area contributed by atoms with E-state index < -0.39 is 18.2 Å². The first-order valence-corrected chi connectivity index (χ1v) is 12.2. The number of carbonyl (C=O) groups excluding carboxylic acids is 1. The van der Waals surface area contributed by atoms with Gasteiger partial charge < -0.3 is 14.4 Å². The van der Waals surface area contributed by atoms with Crippen LogP contribution in [0.1, 0.15) is 69.2 Å². The molecule has 2 aliphatic carbocycles. The molecule has 0 spiro atoms. The van der Waals surface area contributed by atoms with Crippen molar-refractivity contribution < 1.29 is 23.0 Å². The van der Waals surface area contributed by atoms with Crippen LogP contribution in [0.3, 0.4) is 0 Å². The Hall–Kier alpha value is -3.04. The van der Waals surface area contributed by atoms with Gasteiger partial charge in [0.2, 0.25) is 0 Å². The number of aryl methyl sites for hydroxylation is 1. The van der Waals surface area contributed by atoms with Gasteiger partial charge in [-0.1, -0.05) is 24.1 Å². The fraction of sp³-hybridized carbons (Fsp3) is 0.600. The van der Waals surface area contributed by atoms with Crippen LogP contribution in [0.25, 0.3) is 11.4 Å². The number of rotatable bonds is 8. The minimum absolute atomic E-state index is 0.0773. The molecule has 190 valence electrons. The average molecular weight is 490 g/mol. The Labute approximate surface area is 204 Å². The van der Waals surface area contributed by atoms with Crippen molar-refractivity contribution >= 4 is 6.09 Å². The van der Waals surface area contributed by atoms with Crippen LogP contribution in [-0.4, -0.2) is 50.2 Å². The van der Waals surface area contributed by atoms with E-state index in [1.807, 2.05) is 6.08 Å². The van der Waals surface area contributed by atoms with E-state index in [9.17, 15) is 13.6 Å². The van der Waals surface area contributed by atoms with Crippen molar-refractivity contribution in [3.63, 3.8) is 0 Å². The van der Waals surface area contributed by atoms with Crippen molar-refractivity contribution in [2.24, 2.45) is 13.0 Å². The normalized spacial score (nSPS) is 20.7. The summed E-state index contributed by atoms with van der Waals surface area (Å²) in [7, 11) is 3.39.